The Balaban J connectivity index is 1.61. The summed E-state index contributed by atoms with van der Waals surface area (Å²) in [6, 6.07) is 3.99. The van der Waals surface area contributed by atoms with E-state index in [4.69, 9.17) is 0 Å². The number of hydrogen-bond donors (Lipinski definition) is 2. The van der Waals surface area contributed by atoms with Crippen molar-refractivity contribution in [3.63, 3.8) is 0 Å². The summed E-state index contributed by atoms with van der Waals surface area (Å²) in [7, 11) is 0. The van der Waals surface area contributed by atoms with Crippen LogP contribution in [0.4, 0.5) is 17.6 Å². The molecule has 0 aliphatic carbocycles. The molecule has 1 aliphatic heterocycles. The fraction of sp³-hybridized carbons (Fsp3) is 0.500. The fourth-order valence-electron chi connectivity index (χ4n) is 3.88. The maximum absolute atomic E-state index is 9.60. The average molecular weight is 381 g/mol. The van der Waals surface area contributed by atoms with Gasteiger partial charge in [0, 0.05) is 31.4 Å². The van der Waals surface area contributed by atoms with E-state index in [9.17, 15) is 5.11 Å². The van der Waals surface area contributed by atoms with Gasteiger partial charge in [0.15, 0.2) is 0 Å². The second kappa shape index (κ2) is 7.71. The van der Waals surface area contributed by atoms with E-state index in [-0.39, 0.29) is 12.6 Å². The van der Waals surface area contributed by atoms with E-state index in [0.717, 1.165) is 30.1 Å². The molecule has 1 atom stereocenters. The largest absolute Gasteiger partial charge is 0.388 e. The molecular weight excluding hydrogens is 354 g/mol. The van der Waals surface area contributed by atoms with Gasteiger partial charge in [-0.15, -0.1) is 0 Å². The standard InChI is InChI=1S/C20H27N7O/c1-13(2)27-16-9-18(22-10-15(16)23-19(27)12-28)24-17-6-7-21-20(25-17)26-8-4-5-14(3)11-26/h6-7,9-10,13-14,28H,4-5,8,11-12H2,1-3H3,(H,21,22,24,25)/t14-/m0/s1. The topological polar surface area (TPSA) is 92.0 Å². The molecule has 2 N–H and O–H groups in total. The highest BCUT2D eigenvalue weighted by Gasteiger charge is 2.19. The Labute approximate surface area is 164 Å². The summed E-state index contributed by atoms with van der Waals surface area (Å²) in [6.45, 7) is 8.31. The van der Waals surface area contributed by atoms with Crippen LogP contribution in [0.5, 0.6) is 0 Å². The molecule has 8 nitrogen and oxygen atoms in total. The van der Waals surface area contributed by atoms with Crippen LogP contribution >= 0.6 is 0 Å². The summed E-state index contributed by atoms with van der Waals surface area (Å²) in [6.07, 6.45) is 5.94. The minimum atomic E-state index is -0.0981. The molecule has 4 rings (SSSR count). The summed E-state index contributed by atoms with van der Waals surface area (Å²) in [5.74, 6) is 3.47. The van der Waals surface area contributed by atoms with E-state index >= 15 is 0 Å². The first-order valence-electron chi connectivity index (χ1n) is 9.88. The van der Waals surface area contributed by atoms with Gasteiger partial charge in [-0.05, 0) is 38.7 Å². The van der Waals surface area contributed by atoms with Crippen LogP contribution in [0.25, 0.3) is 11.0 Å². The Bertz CT molecular complexity index is 968. The lowest BCUT2D eigenvalue weighted by atomic mass is 10.0. The van der Waals surface area contributed by atoms with Crippen LogP contribution in [-0.4, -0.2) is 42.7 Å². The van der Waals surface area contributed by atoms with Crippen molar-refractivity contribution in [3.05, 3.63) is 30.4 Å². The summed E-state index contributed by atoms with van der Waals surface area (Å²) < 4.78 is 2.03. The van der Waals surface area contributed by atoms with E-state index in [1.807, 2.05) is 16.7 Å². The lowest BCUT2D eigenvalue weighted by Gasteiger charge is -2.30. The van der Waals surface area contributed by atoms with Gasteiger partial charge in [-0.2, -0.15) is 4.98 Å². The Morgan fingerprint density at radius 3 is 2.86 bits per heavy atom. The molecule has 0 radical (unpaired) electrons. The second-order valence-corrected chi connectivity index (χ2v) is 7.77. The number of fused-ring (bicyclic) bond motifs is 1. The zero-order valence-corrected chi connectivity index (χ0v) is 16.6. The first-order chi connectivity index (χ1) is 13.5. The summed E-state index contributed by atoms with van der Waals surface area (Å²) >= 11 is 0. The van der Waals surface area contributed by atoms with E-state index in [2.05, 4.69) is 50.9 Å². The van der Waals surface area contributed by atoms with Crippen molar-refractivity contribution in [2.75, 3.05) is 23.3 Å². The van der Waals surface area contributed by atoms with Crippen molar-refractivity contribution in [2.24, 2.45) is 5.92 Å². The number of anilines is 3. The van der Waals surface area contributed by atoms with Crippen molar-refractivity contribution < 1.29 is 5.11 Å². The summed E-state index contributed by atoms with van der Waals surface area (Å²) in [5.41, 5.74) is 1.71. The molecule has 0 aromatic carbocycles. The summed E-state index contributed by atoms with van der Waals surface area (Å²) in [4.78, 5) is 20.3. The van der Waals surface area contributed by atoms with Crippen LogP contribution < -0.4 is 10.2 Å². The van der Waals surface area contributed by atoms with E-state index in [1.165, 1.54) is 12.8 Å². The van der Waals surface area contributed by atoms with Gasteiger partial charge in [-0.25, -0.2) is 15.0 Å². The Morgan fingerprint density at radius 2 is 2.11 bits per heavy atom. The third-order valence-corrected chi connectivity index (χ3v) is 5.15. The normalized spacial score (nSPS) is 17.5. The highest BCUT2D eigenvalue weighted by atomic mass is 16.3. The zero-order valence-electron chi connectivity index (χ0n) is 16.6. The van der Waals surface area contributed by atoms with Crippen LogP contribution in [0.1, 0.15) is 45.5 Å². The number of pyridine rings is 1. The van der Waals surface area contributed by atoms with Crippen LogP contribution in [-0.2, 0) is 6.61 Å². The number of rotatable bonds is 5. The summed E-state index contributed by atoms with van der Waals surface area (Å²) in [5, 5.41) is 12.9. The molecule has 1 fully saturated rings. The number of nitrogens with one attached hydrogen (secondary N) is 1. The van der Waals surface area contributed by atoms with Crippen LogP contribution in [0, 0.1) is 5.92 Å². The van der Waals surface area contributed by atoms with Gasteiger partial charge in [0.2, 0.25) is 5.95 Å². The Hall–Kier alpha value is -2.74. The highest BCUT2D eigenvalue weighted by Crippen LogP contribution is 2.25. The molecule has 28 heavy (non-hydrogen) atoms. The highest BCUT2D eigenvalue weighted by molar-refractivity contribution is 5.79. The van der Waals surface area contributed by atoms with Crippen molar-refractivity contribution in [3.8, 4) is 0 Å². The zero-order chi connectivity index (χ0) is 19.7. The number of aromatic nitrogens is 5. The molecule has 1 saturated heterocycles. The molecule has 0 bridgehead atoms. The number of imidazole rings is 1. The molecular formula is C20H27N7O. The smallest absolute Gasteiger partial charge is 0.227 e. The van der Waals surface area contributed by atoms with Gasteiger partial charge >= 0.3 is 0 Å². The van der Waals surface area contributed by atoms with Gasteiger partial charge in [-0.3, -0.25) is 0 Å². The predicted octanol–water partition coefficient (Wildman–Crippen LogP) is 3.27. The average Bonchev–Trinajstić information content (AvgIpc) is 3.06. The van der Waals surface area contributed by atoms with Crippen molar-refractivity contribution in [1.82, 2.24) is 24.5 Å². The third-order valence-electron chi connectivity index (χ3n) is 5.15. The molecule has 3 aromatic heterocycles. The minimum absolute atomic E-state index is 0.0981. The maximum atomic E-state index is 9.60. The minimum Gasteiger partial charge on any atom is -0.388 e. The van der Waals surface area contributed by atoms with Crippen LogP contribution in [0.3, 0.4) is 0 Å². The number of aliphatic hydroxyl groups is 1. The van der Waals surface area contributed by atoms with Crippen LogP contribution in [0.15, 0.2) is 24.5 Å². The van der Waals surface area contributed by atoms with Gasteiger partial charge in [0.1, 0.15) is 29.6 Å². The van der Waals surface area contributed by atoms with E-state index in [0.29, 0.717) is 23.4 Å². The first kappa shape index (κ1) is 18.6. The number of aliphatic hydroxyl groups excluding tert-OH is 1. The number of hydrogen-bond acceptors (Lipinski definition) is 7. The molecule has 148 valence electrons. The molecule has 0 spiro atoms. The van der Waals surface area contributed by atoms with Crippen LogP contribution in [0.2, 0.25) is 0 Å². The molecule has 3 aromatic rings. The molecule has 1 aliphatic rings. The molecule has 8 heteroatoms. The van der Waals surface area contributed by atoms with Gasteiger partial charge in [0.25, 0.3) is 0 Å². The molecule has 0 unspecified atom stereocenters. The van der Waals surface area contributed by atoms with Gasteiger partial charge < -0.3 is 19.9 Å². The molecule has 0 saturated carbocycles. The Kier molecular flexibility index (Phi) is 5.13. The third kappa shape index (κ3) is 3.64. The lowest BCUT2D eigenvalue weighted by molar-refractivity contribution is 0.263. The second-order valence-electron chi connectivity index (χ2n) is 7.77. The van der Waals surface area contributed by atoms with E-state index < -0.39 is 0 Å². The lowest BCUT2D eigenvalue weighted by Crippen LogP contribution is -2.35. The SMILES string of the molecule is CC(C)n1c(CO)nc2cnc(Nc3ccnc(N4CCC[C@H](C)C4)n3)cc21. The van der Waals surface area contributed by atoms with Crippen molar-refractivity contribution >= 4 is 28.6 Å². The molecule has 0 amide bonds. The first-order valence-corrected chi connectivity index (χ1v) is 9.88. The van der Waals surface area contributed by atoms with E-state index in [1.54, 1.807) is 12.4 Å². The molecule has 4 heterocycles. The predicted molar refractivity (Wildman–Crippen MR) is 110 cm³/mol. The maximum Gasteiger partial charge on any atom is 0.227 e. The van der Waals surface area contributed by atoms with Gasteiger partial charge in [-0.1, -0.05) is 6.92 Å². The fourth-order valence-corrected chi connectivity index (χ4v) is 3.88. The number of piperidine rings is 1. The van der Waals surface area contributed by atoms with Crippen molar-refractivity contribution in [2.45, 2.75) is 46.3 Å². The Morgan fingerprint density at radius 1 is 1.25 bits per heavy atom. The monoisotopic (exact) mass is 381 g/mol. The van der Waals surface area contributed by atoms with Gasteiger partial charge in [0.05, 0.1) is 11.7 Å². The van der Waals surface area contributed by atoms with Crippen molar-refractivity contribution in [1.29, 1.82) is 0 Å². The quantitative estimate of drug-likeness (QED) is 0.701. The number of nitrogens with zero attached hydrogens (tertiary/aromatic N) is 6.